The Hall–Kier alpha value is -6.26. The van der Waals surface area contributed by atoms with Crippen LogP contribution in [-0.4, -0.2) is 0 Å². The minimum Gasteiger partial charge on any atom is -0.310 e. The first-order valence-corrected chi connectivity index (χ1v) is 20.6. The predicted molar refractivity (Wildman–Crippen MR) is 241 cm³/mol. The van der Waals surface area contributed by atoms with Gasteiger partial charge in [-0.1, -0.05) is 133 Å². The van der Waals surface area contributed by atoms with Crippen molar-refractivity contribution >= 4 is 86.2 Å². The van der Waals surface area contributed by atoms with Crippen molar-refractivity contribution in [1.29, 1.82) is 0 Å². The molecule has 1 nitrogen and oxygen atoms in total. The number of rotatable bonds is 6. The van der Waals surface area contributed by atoms with E-state index in [0.717, 1.165) is 24.2 Å². The molecule has 0 saturated heterocycles. The van der Waals surface area contributed by atoms with Crippen LogP contribution < -0.4 is 4.90 Å². The Morgan fingerprint density at radius 2 is 1.11 bits per heavy atom. The normalized spacial score (nSPS) is 12.5. The monoisotopic (exact) mass is 737 g/mol. The van der Waals surface area contributed by atoms with Gasteiger partial charge < -0.3 is 4.90 Å². The molecule has 0 fully saturated rings. The number of anilines is 3. The molecule has 0 amide bonds. The number of fused-ring (bicyclic) bond motifs is 7. The molecule has 260 valence electrons. The lowest BCUT2D eigenvalue weighted by Crippen LogP contribution is -2.10. The van der Waals surface area contributed by atoms with E-state index in [0.29, 0.717) is 0 Å². The van der Waals surface area contributed by atoms with Crippen molar-refractivity contribution in [2.45, 2.75) is 12.8 Å². The Balaban J connectivity index is 1.06. The standard InChI is InChI=1S/C52H35NS2/c1-2-18-41-34(12-1)13-9-21-42(41)38-16-7-14-36(32-38)37-15-8-17-40(33-37)53(47-24-11-27-50-51(47)46-20-4-6-26-49(46)54-50)39-30-28-35(29-31-39)43-22-10-23-45-44-19-3-5-25-48(44)55-52(43)45/h2-11,13-33H,1,12H2. The highest BCUT2D eigenvalue weighted by Crippen LogP contribution is 2.46. The van der Waals surface area contributed by atoms with Crippen molar-refractivity contribution in [3.8, 4) is 33.4 Å². The van der Waals surface area contributed by atoms with Crippen molar-refractivity contribution in [3.63, 3.8) is 0 Å². The average Bonchev–Trinajstić information content (AvgIpc) is 3.83. The molecule has 1 aliphatic carbocycles. The predicted octanol–water partition coefficient (Wildman–Crippen LogP) is 15.9. The van der Waals surface area contributed by atoms with Crippen LogP contribution in [0.25, 0.3) is 79.8 Å². The summed E-state index contributed by atoms with van der Waals surface area (Å²) in [7, 11) is 0. The molecule has 0 spiro atoms. The summed E-state index contributed by atoms with van der Waals surface area (Å²) in [6.07, 6.45) is 6.83. The maximum Gasteiger partial charge on any atom is 0.0554 e. The molecule has 1 aliphatic rings. The zero-order chi connectivity index (χ0) is 36.3. The van der Waals surface area contributed by atoms with E-state index < -0.39 is 0 Å². The summed E-state index contributed by atoms with van der Waals surface area (Å²) in [5.74, 6) is 0. The minimum absolute atomic E-state index is 1.10. The fourth-order valence-corrected chi connectivity index (χ4v) is 10.9. The van der Waals surface area contributed by atoms with Gasteiger partial charge in [-0.3, -0.25) is 0 Å². The van der Waals surface area contributed by atoms with Gasteiger partial charge in [0.1, 0.15) is 0 Å². The Morgan fingerprint density at radius 3 is 2.00 bits per heavy atom. The van der Waals surface area contributed by atoms with Gasteiger partial charge in [0, 0.05) is 51.7 Å². The molecule has 3 heteroatoms. The van der Waals surface area contributed by atoms with Crippen molar-refractivity contribution < 1.29 is 0 Å². The van der Waals surface area contributed by atoms with Gasteiger partial charge in [0.05, 0.1) is 5.69 Å². The van der Waals surface area contributed by atoms with E-state index >= 15 is 0 Å². The lowest BCUT2D eigenvalue weighted by atomic mass is 9.89. The fraction of sp³-hybridized carbons (Fsp3) is 0.0385. The van der Waals surface area contributed by atoms with Crippen LogP contribution in [0.5, 0.6) is 0 Å². The Kier molecular flexibility index (Phi) is 7.75. The zero-order valence-electron chi connectivity index (χ0n) is 30.1. The van der Waals surface area contributed by atoms with Crippen LogP contribution in [0.4, 0.5) is 17.1 Å². The van der Waals surface area contributed by atoms with Crippen LogP contribution in [0, 0.1) is 0 Å². The van der Waals surface area contributed by atoms with Crippen LogP contribution in [0.15, 0.2) is 182 Å². The summed E-state index contributed by atoms with van der Waals surface area (Å²) in [6, 6.07) is 65.1. The quantitative estimate of drug-likeness (QED) is 0.164. The van der Waals surface area contributed by atoms with Crippen molar-refractivity contribution in [3.05, 3.63) is 193 Å². The van der Waals surface area contributed by atoms with Crippen LogP contribution in [0.2, 0.25) is 0 Å². The third kappa shape index (κ3) is 5.50. The highest BCUT2D eigenvalue weighted by atomic mass is 32.1. The van der Waals surface area contributed by atoms with Gasteiger partial charge in [-0.2, -0.15) is 0 Å². The minimum atomic E-state index is 1.10. The molecule has 0 radical (unpaired) electrons. The highest BCUT2D eigenvalue weighted by Gasteiger charge is 2.20. The van der Waals surface area contributed by atoms with Gasteiger partial charge in [-0.05, 0) is 112 Å². The summed E-state index contributed by atoms with van der Waals surface area (Å²) in [6.45, 7) is 0. The maximum absolute atomic E-state index is 2.46. The molecule has 0 aliphatic heterocycles. The molecule has 10 aromatic rings. The molecule has 11 rings (SSSR count). The molecule has 8 aromatic carbocycles. The van der Waals surface area contributed by atoms with E-state index in [9.17, 15) is 0 Å². The second-order valence-corrected chi connectivity index (χ2v) is 16.5. The van der Waals surface area contributed by atoms with Gasteiger partial charge in [-0.25, -0.2) is 0 Å². The highest BCUT2D eigenvalue weighted by molar-refractivity contribution is 7.26. The first kappa shape index (κ1) is 32.2. The van der Waals surface area contributed by atoms with Gasteiger partial charge in [0.2, 0.25) is 0 Å². The number of benzene rings is 8. The van der Waals surface area contributed by atoms with E-state index in [2.05, 4.69) is 193 Å². The molecule has 0 atom stereocenters. The lowest BCUT2D eigenvalue weighted by molar-refractivity contribution is 0.986. The smallest absolute Gasteiger partial charge is 0.0554 e. The summed E-state index contributed by atoms with van der Waals surface area (Å²) >= 11 is 3.75. The van der Waals surface area contributed by atoms with Gasteiger partial charge in [0.25, 0.3) is 0 Å². The van der Waals surface area contributed by atoms with E-state index in [-0.39, 0.29) is 0 Å². The third-order valence-corrected chi connectivity index (χ3v) is 13.5. The summed E-state index contributed by atoms with van der Waals surface area (Å²) in [5, 5.41) is 5.23. The molecule has 0 unspecified atom stereocenters. The molecule has 0 N–H and O–H groups in total. The topological polar surface area (TPSA) is 3.24 Å². The molecule has 2 heterocycles. The van der Waals surface area contributed by atoms with Gasteiger partial charge in [0.15, 0.2) is 0 Å². The summed E-state index contributed by atoms with van der Waals surface area (Å²) in [4.78, 5) is 2.46. The summed E-state index contributed by atoms with van der Waals surface area (Å²) in [5.41, 5.74) is 13.7. The largest absolute Gasteiger partial charge is 0.310 e. The van der Waals surface area contributed by atoms with Crippen molar-refractivity contribution in [1.82, 2.24) is 0 Å². The molecular formula is C52H35NS2. The molecule has 2 aromatic heterocycles. The average molecular weight is 738 g/mol. The van der Waals surface area contributed by atoms with E-state index in [1.54, 1.807) is 0 Å². The van der Waals surface area contributed by atoms with Crippen LogP contribution in [0.3, 0.4) is 0 Å². The fourth-order valence-electron chi connectivity index (χ4n) is 8.54. The summed E-state index contributed by atoms with van der Waals surface area (Å²) < 4.78 is 5.26. The van der Waals surface area contributed by atoms with Crippen LogP contribution in [0.1, 0.15) is 17.5 Å². The van der Waals surface area contributed by atoms with E-state index in [1.165, 1.54) is 90.5 Å². The van der Waals surface area contributed by atoms with E-state index in [1.807, 2.05) is 22.7 Å². The van der Waals surface area contributed by atoms with Crippen LogP contribution in [-0.2, 0) is 6.42 Å². The molecule has 0 saturated carbocycles. The number of nitrogens with zero attached hydrogens (tertiary/aromatic N) is 1. The van der Waals surface area contributed by atoms with E-state index in [4.69, 9.17) is 0 Å². The molecule has 55 heavy (non-hydrogen) atoms. The molecular weight excluding hydrogens is 703 g/mol. The number of thiophene rings is 2. The SMILES string of the molecule is C1=Cc2c(cccc2-c2cccc(-c3cccc(N(c4ccc(-c5cccc6c5sc5ccccc56)cc4)c4cccc5sc6ccccc6c45)c3)c2)CC1. The number of hydrogen-bond donors (Lipinski definition) is 0. The maximum atomic E-state index is 2.46. The third-order valence-electron chi connectivity index (χ3n) is 11.1. The Labute approximate surface area is 328 Å². The zero-order valence-corrected chi connectivity index (χ0v) is 31.7. The van der Waals surface area contributed by atoms with Crippen molar-refractivity contribution in [2.75, 3.05) is 4.90 Å². The number of allylic oxidation sites excluding steroid dienone is 1. The van der Waals surface area contributed by atoms with Crippen LogP contribution >= 0.6 is 22.7 Å². The number of aryl methyl sites for hydroxylation is 1. The van der Waals surface area contributed by atoms with Crippen molar-refractivity contribution in [2.24, 2.45) is 0 Å². The Morgan fingerprint density at radius 1 is 0.436 bits per heavy atom. The van der Waals surface area contributed by atoms with Gasteiger partial charge in [-0.15, -0.1) is 22.7 Å². The second-order valence-electron chi connectivity index (χ2n) is 14.4. The number of hydrogen-bond acceptors (Lipinski definition) is 3. The Bertz CT molecular complexity index is 3110. The second kappa shape index (κ2) is 13.2. The first-order chi connectivity index (χ1) is 27.3. The first-order valence-electron chi connectivity index (χ1n) is 19.0. The lowest BCUT2D eigenvalue weighted by Gasteiger charge is -2.27. The molecule has 0 bridgehead atoms. The van der Waals surface area contributed by atoms with Gasteiger partial charge >= 0.3 is 0 Å².